The predicted molar refractivity (Wildman–Crippen MR) is 111 cm³/mol. The molecule has 1 fully saturated rings. The largest absolute Gasteiger partial charge is 0.364 e. The summed E-state index contributed by atoms with van der Waals surface area (Å²) in [5.41, 5.74) is 2.29. The van der Waals surface area contributed by atoms with Crippen LogP contribution in [-0.2, 0) is 6.42 Å². The van der Waals surface area contributed by atoms with Gasteiger partial charge in [-0.15, -0.1) is 0 Å². The topological polar surface area (TPSA) is 90.3 Å². The molecule has 0 atom stereocenters. The predicted octanol–water partition coefficient (Wildman–Crippen LogP) is 2.88. The van der Waals surface area contributed by atoms with E-state index in [0.29, 0.717) is 12.4 Å². The molecule has 8 heteroatoms. The van der Waals surface area contributed by atoms with Crippen molar-refractivity contribution in [2.75, 3.05) is 50.0 Å². The molecule has 0 unspecified atom stereocenters. The number of aromatic nitrogens is 2. The Morgan fingerprint density at radius 3 is 2.75 bits per heavy atom. The Labute approximate surface area is 163 Å². The molecule has 28 heavy (non-hydrogen) atoms. The number of anilines is 2. The molecule has 1 aliphatic rings. The SMILES string of the molecule is CN1CCN(c2ccc([N+](=O)[O-])c(NCCc3c[nH]c4ccccc34)n2)CC1. The van der Waals surface area contributed by atoms with Gasteiger partial charge in [0.25, 0.3) is 0 Å². The van der Waals surface area contributed by atoms with E-state index >= 15 is 0 Å². The fourth-order valence-corrected chi connectivity index (χ4v) is 3.58. The van der Waals surface area contributed by atoms with E-state index in [9.17, 15) is 10.1 Å². The van der Waals surface area contributed by atoms with Gasteiger partial charge in [-0.3, -0.25) is 10.1 Å². The third kappa shape index (κ3) is 3.77. The highest BCUT2D eigenvalue weighted by atomic mass is 16.6. The van der Waals surface area contributed by atoms with E-state index in [-0.39, 0.29) is 10.6 Å². The summed E-state index contributed by atoms with van der Waals surface area (Å²) in [4.78, 5) is 23.3. The summed E-state index contributed by atoms with van der Waals surface area (Å²) < 4.78 is 0. The molecule has 0 amide bonds. The lowest BCUT2D eigenvalue weighted by Crippen LogP contribution is -2.44. The number of piperazine rings is 1. The van der Waals surface area contributed by atoms with E-state index in [2.05, 4.69) is 38.2 Å². The van der Waals surface area contributed by atoms with Crippen molar-refractivity contribution in [3.8, 4) is 0 Å². The zero-order valence-electron chi connectivity index (χ0n) is 15.9. The molecular formula is C20H24N6O2. The Kier molecular flexibility index (Phi) is 5.12. The van der Waals surface area contributed by atoms with Crippen molar-refractivity contribution < 1.29 is 4.92 Å². The molecule has 0 spiro atoms. The second-order valence-corrected chi connectivity index (χ2v) is 7.12. The third-order valence-corrected chi connectivity index (χ3v) is 5.24. The number of aromatic amines is 1. The first-order valence-electron chi connectivity index (χ1n) is 9.49. The van der Waals surface area contributed by atoms with Crippen molar-refractivity contribution in [2.24, 2.45) is 0 Å². The van der Waals surface area contributed by atoms with Gasteiger partial charge in [-0.1, -0.05) is 18.2 Å². The molecule has 4 rings (SSSR count). The van der Waals surface area contributed by atoms with Gasteiger partial charge in [0, 0.05) is 55.9 Å². The molecule has 1 aromatic carbocycles. The first-order valence-corrected chi connectivity index (χ1v) is 9.49. The van der Waals surface area contributed by atoms with Crippen LogP contribution in [0.3, 0.4) is 0 Å². The first-order chi connectivity index (χ1) is 13.6. The van der Waals surface area contributed by atoms with E-state index in [1.165, 1.54) is 10.9 Å². The van der Waals surface area contributed by atoms with Crippen molar-refractivity contribution in [1.29, 1.82) is 0 Å². The number of nitro groups is 1. The molecule has 8 nitrogen and oxygen atoms in total. The molecule has 0 saturated carbocycles. The number of para-hydroxylation sites is 1. The lowest BCUT2D eigenvalue weighted by molar-refractivity contribution is -0.384. The summed E-state index contributed by atoms with van der Waals surface area (Å²) >= 11 is 0. The van der Waals surface area contributed by atoms with Gasteiger partial charge in [-0.2, -0.15) is 0 Å². The number of hydrogen-bond acceptors (Lipinski definition) is 6. The van der Waals surface area contributed by atoms with E-state index in [0.717, 1.165) is 43.9 Å². The summed E-state index contributed by atoms with van der Waals surface area (Å²) in [6.07, 6.45) is 2.75. The standard InChI is InChI=1S/C20H24N6O2/c1-24-10-12-25(13-11-24)19-7-6-18(26(27)28)20(23-19)21-9-8-15-14-22-17-5-3-2-4-16(15)17/h2-7,14,22H,8-13H2,1H3,(H,21,23). The van der Waals surface area contributed by atoms with E-state index < -0.39 is 0 Å². The number of rotatable bonds is 6. The monoisotopic (exact) mass is 380 g/mol. The normalized spacial score (nSPS) is 15.1. The zero-order valence-corrected chi connectivity index (χ0v) is 15.9. The number of pyridine rings is 1. The number of nitrogens with one attached hydrogen (secondary N) is 2. The van der Waals surface area contributed by atoms with Crippen molar-refractivity contribution in [3.63, 3.8) is 0 Å². The van der Waals surface area contributed by atoms with Gasteiger partial charge < -0.3 is 20.1 Å². The Bertz CT molecular complexity index is 978. The molecule has 1 saturated heterocycles. The number of fused-ring (bicyclic) bond motifs is 1. The molecule has 146 valence electrons. The van der Waals surface area contributed by atoms with Crippen LogP contribution in [0, 0.1) is 10.1 Å². The maximum absolute atomic E-state index is 11.4. The van der Waals surface area contributed by atoms with Crippen molar-refractivity contribution in [2.45, 2.75) is 6.42 Å². The fourth-order valence-electron chi connectivity index (χ4n) is 3.58. The summed E-state index contributed by atoms with van der Waals surface area (Å²) in [6, 6.07) is 11.4. The average molecular weight is 380 g/mol. The lowest BCUT2D eigenvalue weighted by Gasteiger charge is -2.33. The highest BCUT2D eigenvalue weighted by Gasteiger charge is 2.20. The highest BCUT2D eigenvalue weighted by molar-refractivity contribution is 5.83. The maximum atomic E-state index is 11.4. The van der Waals surface area contributed by atoms with Crippen molar-refractivity contribution in [1.82, 2.24) is 14.9 Å². The quantitative estimate of drug-likeness (QED) is 0.505. The average Bonchev–Trinajstić information content (AvgIpc) is 3.11. The molecular weight excluding hydrogens is 356 g/mol. The van der Waals surface area contributed by atoms with E-state index in [4.69, 9.17) is 0 Å². The minimum Gasteiger partial charge on any atom is -0.364 e. The van der Waals surface area contributed by atoms with Gasteiger partial charge in [0.15, 0.2) is 0 Å². The molecule has 2 N–H and O–H groups in total. The smallest absolute Gasteiger partial charge is 0.311 e. The molecule has 1 aliphatic heterocycles. The second-order valence-electron chi connectivity index (χ2n) is 7.12. The van der Waals surface area contributed by atoms with Crippen LogP contribution >= 0.6 is 0 Å². The van der Waals surface area contributed by atoms with E-state index in [1.807, 2.05) is 24.4 Å². The fraction of sp³-hybridized carbons (Fsp3) is 0.350. The molecule has 3 aromatic rings. The van der Waals surface area contributed by atoms with Crippen LogP contribution in [0.1, 0.15) is 5.56 Å². The maximum Gasteiger partial charge on any atom is 0.311 e. The van der Waals surface area contributed by atoms with Crippen LogP contribution in [0.4, 0.5) is 17.3 Å². The van der Waals surface area contributed by atoms with Crippen molar-refractivity contribution in [3.05, 3.63) is 58.3 Å². The number of benzene rings is 1. The molecule has 2 aromatic heterocycles. The third-order valence-electron chi connectivity index (χ3n) is 5.24. The molecule has 0 radical (unpaired) electrons. The molecule has 0 bridgehead atoms. The Hall–Kier alpha value is -3.13. The minimum absolute atomic E-state index is 0.0109. The van der Waals surface area contributed by atoms with Crippen LogP contribution in [0.2, 0.25) is 0 Å². The van der Waals surface area contributed by atoms with Gasteiger partial charge in [-0.25, -0.2) is 4.98 Å². The van der Waals surface area contributed by atoms with Gasteiger partial charge in [0.1, 0.15) is 5.82 Å². The summed E-state index contributed by atoms with van der Waals surface area (Å²) in [5.74, 6) is 1.12. The second kappa shape index (κ2) is 7.85. The number of H-pyrrole nitrogens is 1. The van der Waals surface area contributed by atoms with Crippen LogP contribution in [0.5, 0.6) is 0 Å². The minimum atomic E-state index is -0.380. The van der Waals surface area contributed by atoms with Gasteiger partial charge in [-0.05, 0) is 31.2 Å². The zero-order chi connectivity index (χ0) is 19.5. The van der Waals surface area contributed by atoms with Crippen LogP contribution < -0.4 is 10.2 Å². The summed E-state index contributed by atoms with van der Waals surface area (Å²) in [7, 11) is 2.10. The Balaban J connectivity index is 1.49. The van der Waals surface area contributed by atoms with Crippen molar-refractivity contribution >= 4 is 28.2 Å². The number of hydrogen-bond donors (Lipinski definition) is 2. The molecule has 3 heterocycles. The lowest BCUT2D eigenvalue weighted by atomic mass is 10.1. The summed E-state index contributed by atoms with van der Waals surface area (Å²) in [5, 5.41) is 15.8. The summed E-state index contributed by atoms with van der Waals surface area (Å²) in [6.45, 7) is 4.23. The Morgan fingerprint density at radius 2 is 1.96 bits per heavy atom. The van der Waals surface area contributed by atoms with Crippen LogP contribution in [-0.4, -0.2) is 59.6 Å². The number of nitrogens with zero attached hydrogens (tertiary/aromatic N) is 4. The Morgan fingerprint density at radius 1 is 1.18 bits per heavy atom. The highest BCUT2D eigenvalue weighted by Crippen LogP contribution is 2.26. The van der Waals surface area contributed by atoms with Gasteiger partial charge in [0.05, 0.1) is 4.92 Å². The van der Waals surface area contributed by atoms with Crippen LogP contribution in [0.15, 0.2) is 42.6 Å². The van der Waals surface area contributed by atoms with E-state index in [1.54, 1.807) is 12.1 Å². The van der Waals surface area contributed by atoms with Gasteiger partial charge >= 0.3 is 5.69 Å². The number of likely N-dealkylation sites (N-methyl/N-ethyl adjacent to an activating group) is 1. The molecule has 0 aliphatic carbocycles. The first kappa shape index (κ1) is 18.2. The van der Waals surface area contributed by atoms with Gasteiger partial charge in [0.2, 0.25) is 5.82 Å². The van der Waals surface area contributed by atoms with Crippen LogP contribution in [0.25, 0.3) is 10.9 Å².